The Labute approximate surface area is 298 Å². The molecular weight excluding hydrogens is 615 g/mol. The van der Waals surface area contributed by atoms with E-state index in [1.165, 1.54) is 33.0 Å². The highest BCUT2D eigenvalue weighted by Gasteiger charge is 2.21. The fraction of sp³-hybridized carbons (Fsp3) is 0.333. The van der Waals surface area contributed by atoms with E-state index < -0.39 is 0 Å². The second-order valence-corrected chi connectivity index (χ2v) is 14.9. The molecule has 1 aromatic heterocycles. The van der Waals surface area contributed by atoms with Crippen LogP contribution in [0.3, 0.4) is 0 Å². The third-order valence-corrected chi connectivity index (χ3v) is 10.2. The van der Waals surface area contributed by atoms with Gasteiger partial charge in [-0.15, -0.1) is 0 Å². The number of fused-ring (bicyclic) bond motifs is 3. The fourth-order valence-electron chi connectivity index (χ4n) is 7.54. The average Bonchev–Trinajstić information content (AvgIpc) is 3.42. The van der Waals surface area contributed by atoms with Crippen molar-refractivity contribution < 1.29 is 10.2 Å². The van der Waals surface area contributed by atoms with Crippen molar-refractivity contribution in [3.05, 3.63) is 124 Å². The van der Waals surface area contributed by atoms with Gasteiger partial charge in [-0.1, -0.05) is 94.4 Å². The van der Waals surface area contributed by atoms with E-state index in [4.69, 9.17) is 0 Å². The van der Waals surface area contributed by atoms with Gasteiger partial charge in [0.1, 0.15) is 11.5 Å². The van der Waals surface area contributed by atoms with Gasteiger partial charge in [-0.05, 0) is 104 Å². The molecule has 0 radical (unpaired) electrons. The minimum Gasteiger partial charge on any atom is -0.507 e. The summed E-state index contributed by atoms with van der Waals surface area (Å²) in [5, 5.41) is 25.7. The van der Waals surface area contributed by atoms with Crippen LogP contribution < -0.4 is 0 Å². The predicted octanol–water partition coefficient (Wildman–Crippen LogP) is 10.3. The Morgan fingerprint density at radius 1 is 0.600 bits per heavy atom. The molecule has 6 aromatic rings. The molecule has 6 rings (SSSR count). The summed E-state index contributed by atoms with van der Waals surface area (Å²) in [5.74, 6) is 1.45. The van der Waals surface area contributed by atoms with Crippen molar-refractivity contribution in [2.45, 2.75) is 66.3 Å². The van der Waals surface area contributed by atoms with E-state index in [1.54, 1.807) is 0 Å². The standard InChI is InChI=1S/C45H53N3O2/c1-29(2)35-16-13-17-36(30(3)4)43(35)39-26-31(5)24-33(44(39)49)20-21-46(7)22-23-47(8)28-34-25-32(6)27-42(45(34)50)48-40-18-11-9-14-37(40)38-15-10-12-19-41(38)48/h9-19,24-27,29-30,49-50H,20-23,28H2,1-8H3. The molecule has 5 aromatic carbocycles. The van der Waals surface area contributed by atoms with Crippen LogP contribution in [-0.2, 0) is 13.0 Å². The molecule has 0 aliphatic carbocycles. The molecule has 0 bridgehead atoms. The normalized spacial score (nSPS) is 12.1. The molecule has 0 atom stereocenters. The van der Waals surface area contributed by atoms with Gasteiger partial charge in [0, 0.05) is 48.1 Å². The summed E-state index contributed by atoms with van der Waals surface area (Å²) < 4.78 is 2.20. The van der Waals surface area contributed by atoms with Crippen molar-refractivity contribution in [2.24, 2.45) is 0 Å². The summed E-state index contributed by atoms with van der Waals surface area (Å²) in [5.41, 5.74) is 11.9. The zero-order chi connectivity index (χ0) is 35.7. The third kappa shape index (κ3) is 7.03. The van der Waals surface area contributed by atoms with Gasteiger partial charge >= 0.3 is 0 Å². The first-order valence-corrected chi connectivity index (χ1v) is 18.1. The SMILES string of the molecule is Cc1cc(CCN(C)CCN(C)Cc2cc(C)cc(-n3c4ccccc4c4ccccc43)c2O)c(O)c(-c2c(C(C)C)cccc2C(C)C)c1. The van der Waals surface area contributed by atoms with Gasteiger partial charge < -0.3 is 24.6 Å². The molecule has 0 fully saturated rings. The largest absolute Gasteiger partial charge is 0.507 e. The van der Waals surface area contributed by atoms with Crippen molar-refractivity contribution in [2.75, 3.05) is 33.7 Å². The molecular formula is C45H53N3O2. The zero-order valence-electron chi connectivity index (χ0n) is 31.1. The molecule has 5 heteroatoms. The summed E-state index contributed by atoms with van der Waals surface area (Å²) in [7, 11) is 4.27. The van der Waals surface area contributed by atoms with E-state index in [0.29, 0.717) is 29.9 Å². The number of rotatable bonds is 12. The highest BCUT2D eigenvalue weighted by atomic mass is 16.3. The molecule has 5 nitrogen and oxygen atoms in total. The summed E-state index contributed by atoms with van der Waals surface area (Å²) in [4.78, 5) is 4.61. The number of likely N-dealkylation sites (N-methyl/N-ethyl adjacent to an activating group) is 2. The van der Waals surface area contributed by atoms with Crippen molar-refractivity contribution in [1.82, 2.24) is 14.4 Å². The van der Waals surface area contributed by atoms with Crippen molar-refractivity contribution in [1.29, 1.82) is 0 Å². The van der Waals surface area contributed by atoms with Gasteiger partial charge in [-0.2, -0.15) is 0 Å². The minimum absolute atomic E-state index is 0.327. The molecule has 260 valence electrons. The quantitative estimate of drug-likeness (QED) is 0.136. The van der Waals surface area contributed by atoms with E-state index in [2.05, 4.69) is 161 Å². The lowest BCUT2D eigenvalue weighted by Crippen LogP contribution is -2.31. The summed E-state index contributed by atoms with van der Waals surface area (Å²) in [6.07, 6.45) is 0.766. The van der Waals surface area contributed by atoms with Gasteiger partial charge in [0.25, 0.3) is 0 Å². The maximum atomic E-state index is 11.7. The van der Waals surface area contributed by atoms with Crippen LogP contribution in [0.5, 0.6) is 11.5 Å². The van der Waals surface area contributed by atoms with Crippen LogP contribution in [0, 0.1) is 13.8 Å². The van der Waals surface area contributed by atoms with E-state index in [9.17, 15) is 10.2 Å². The number of hydrogen-bond donors (Lipinski definition) is 2. The van der Waals surface area contributed by atoms with Crippen LogP contribution >= 0.6 is 0 Å². The lowest BCUT2D eigenvalue weighted by atomic mass is 9.83. The maximum Gasteiger partial charge on any atom is 0.144 e. The highest BCUT2D eigenvalue weighted by molar-refractivity contribution is 6.09. The number of aryl methyl sites for hydroxylation is 2. The zero-order valence-corrected chi connectivity index (χ0v) is 31.1. The fourth-order valence-corrected chi connectivity index (χ4v) is 7.54. The van der Waals surface area contributed by atoms with Crippen LogP contribution in [0.1, 0.15) is 72.9 Å². The number of hydrogen-bond acceptors (Lipinski definition) is 4. The van der Waals surface area contributed by atoms with E-state index >= 15 is 0 Å². The van der Waals surface area contributed by atoms with Crippen LogP contribution in [-0.4, -0.2) is 58.3 Å². The molecule has 1 heterocycles. The summed E-state index contributed by atoms with van der Waals surface area (Å²) in [6.45, 7) is 16.3. The first-order valence-electron chi connectivity index (χ1n) is 18.1. The number of aromatic hydroxyl groups is 2. The maximum absolute atomic E-state index is 11.7. The number of aromatic nitrogens is 1. The highest BCUT2D eigenvalue weighted by Crippen LogP contribution is 2.42. The minimum atomic E-state index is 0.327. The van der Waals surface area contributed by atoms with E-state index in [0.717, 1.165) is 65.0 Å². The molecule has 0 amide bonds. The van der Waals surface area contributed by atoms with E-state index in [-0.39, 0.29) is 0 Å². The molecule has 0 unspecified atom stereocenters. The third-order valence-electron chi connectivity index (χ3n) is 10.2. The van der Waals surface area contributed by atoms with Crippen LogP contribution in [0.25, 0.3) is 38.6 Å². The van der Waals surface area contributed by atoms with Gasteiger partial charge in [-0.3, -0.25) is 0 Å². The van der Waals surface area contributed by atoms with Crippen LogP contribution in [0.15, 0.2) is 91.0 Å². The van der Waals surface area contributed by atoms with Gasteiger partial charge in [0.05, 0.1) is 16.7 Å². The van der Waals surface area contributed by atoms with Crippen molar-refractivity contribution in [3.8, 4) is 28.3 Å². The molecule has 0 saturated heterocycles. The molecule has 0 aliphatic heterocycles. The Bertz CT molecular complexity index is 2060. The number of para-hydroxylation sites is 2. The van der Waals surface area contributed by atoms with E-state index in [1.807, 2.05) is 0 Å². The Morgan fingerprint density at radius 2 is 1.14 bits per heavy atom. The lowest BCUT2D eigenvalue weighted by Gasteiger charge is -2.24. The smallest absolute Gasteiger partial charge is 0.144 e. The molecule has 0 aliphatic rings. The molecule has 0 saturated carbocycles. The first-order chi connectivity index (χ1) is 23.9. The Hall–Kier alpha value is -4.58. The van der Waals surface area contributed by atoms with Crippen molar-refractivity contribution in [3.63, 3.8) is 0 Å². The Morgan fingerprint density at radius 3 is 1.74 bits per heavy atom. The number of phenols is 2. The Balaban J connectivity index is 1.16. The molecule has 2 N–H and O–H groups in total. The second kappa shape index (κ2) is 14.7. The number of benzene rings is 5. The van der Waals surface area contributed by atoms with Gasteiger partial charge in [-0.25, -0.2) is 0 Å². The summed E-state index contributed by atoms with van der Waals surface area (Å²) >= 11 is 0. The van der Waals surface area contributed by atoms with Crippen molar-refractivity contribution >= 4 is 21.8 Å². The number of nitrogens with zero attached hydrogens (tertiary/aromatic N) is 3. The predicted molar refractivity (Wildman–Crippen MR) is 211 cm³/mol. The molecule has 0 spiro atoms. The second-order valence-electron chi connectivity index (χ2n) is 14.9. The van der Waals surface area contributed by atoms with Crippen LogP contribution in [0.4, 0.5) is 0 Å². The van der Waals surface area contributed by atoms with Gasteiger partial charge in [0.2, 0.25) is 0 Å². The molecule has 50 heavy (non-hydrogen) atoms. The Kier molecular flexibility index (Phi) is 10.4. The topological polar surface area (TPSA) is 51.9 Å². The summed E-state index contributed by atoms with van der Waals surface area (Å²) in [6, 6.07) is 31.9. The van der Waals surface area contributed by atoms with Gasteiger partial charge in [0.15, 0.2) is 0 Å². The monoisotopic (exact) mass is 667 g/mol. The average molecular weight is 668 g/mol. The first kappa shape index (κ1) is 35.3. The number of phenolic OH excluding ortho intramolecular Hbond substituents is 2. The lowest BCUT2D eigenvalue weighted by molar-refractivity contribution is 0.251. The van der Waals surface area contributed by atoms with Crippen LogP contribution in [0.2, 0.25) is 0 Å².